The largest absolute Gasteiger partial charge is 0.349 e. The van der Waals surface area contributed by atoms with Crippen molar-refractivity contribution < 1.29 is 9.59 Å². The summed E-state index contributed by atoms with van der Waals surface area (Å²) in [5, 5.41) is 5.71. The monoisotopic (exact) mass is 330 g/mol. The van der Waals surface area contributed by atoms with E-state index >= 15 is 0 Å². The highest BCUT2D eigenvalue weighted by Gasteiger charge is 2.34. The van der Waals surface area contributed by atoms with Crippen LogP contribution < -0.4 is 5.32 Å². The minimum absolute atomic E-state index is 0.000830. The maximum absolute atomic E-state index is 12.2. The smallest absolute Gasteiger partial charge is 0.225 e. The van der Waals surface area contributed by atoms with Crippen LogP contribution in [0.15, 0.2) is 29.8 Å². The van der Waals surface area contributed by atoms with Gasteiger partial charge >= 0.3 is 0 Å². The van der Waals surface area contributed by atoms with Crippen LogP contribution in [0.2, 0.25) is 0 Å². The predicted octanol–water partition coefficient (Wildman–Crippen LogP) is 1.51. The summed E-state index contributed by atoms with van der Waals surface area (Å²) in [6.45, 7) is 3.24. The Morgan fingerprint density at radius 3 is 3.04 bits per heavy atom. The molecule has 0 spiro atoms. The van der Waals surface area contributed by atoms with E-state index in [9.17, 15) is 9.59 Å². The standard InChI is InChI=1S/C16H18N4O2S/c1-11-10-23-14(19-11)7-18-16(22)12-6-15(21)20(8-12)9-13-4-2-3-5-17-13/h2-5,10,12H,6-9H2,1H3,(H,18,22). The van der Waals surface area contributed by atoms with E-state index in [1.54, 1.807) is 11.1 Å². The summed E-state index contributed by atoms with van der Waals surface area (Å²) >= 11 is 1.53. The number of amides is 2. The summed E-state index contributed by atoms with van der Waals surface area (Å²) in [5.74, 6) is -0.386. The molecule has 3 heterocycles. The van der Waals surface area contributed by atoms with Gasteiger partial charge in [-0.05, 0) is 19.1 Å². The Bertz CT molecular complexity index is 701. The van der Waals surface area contributed by atoms with E-state index in [-0.39, 0.29) is 24.2 Å². The van der Waals surface area contributed by atoms with Crippen molar-refractivity contribution >= 4 is 23.2 Å². The van der Waals surface area contributed by atoms with Gasteiger partial charge in [-0.3, -0.25) is 14.6 Å². The Morgan fingerprint density at radius 2 is 2.35 bits per heavy atom. The highest BCUT2D eigenvalue weighted by molar-refractivity contribution is 7.09. The molecule has 1 fully saturated rings. The van der Waals surface area contributed by atoms with Crippen LogP contribution in [0.5, 0.6) is 0 Å². The second-order valence-corrected chi connectivity index (χ2v) is 6.54. The Kier molecular flexibility index (Phi) is 4.66. The topological polar surface area (TPSA) is 75.2 Å². The van der Waals surface area contributed by atoms with E-state index in [2.05, 4.69) is 15.3 Å². The molecule has 6 nitrogen and oxygen atoms in total. The van der Waals surface area contributed by atoms with E-state index in [4.69, 9.17) is 0 Å². The quantitative estimate of drug-likeness (QED) is 0.902. The third-order valence-corrected chi connectivity index (χ3v) is 4.71. The first-order valence-corrected chi connectivity index (χ1v) is 8.36. The second-order valence-electron chi connectivity index (χ2n) is 5.60. The number of aryl methyl sites for hydroxylation is 1. The van der Waals surface area contributed by atoms with E-state index in [1.807, 2.05) is 30.5 Å². The van der Waals surface area contributed by atoms with Gasteiger partial charge in [0.25, 0.3) is 0 Å². The van der Waals surface area contributed by atoms with Crippen LogP contribution in [-0.2, 0) is 22.7 Å². The number of nitrogens with zero attached hydrogens (tertiary/aromatic N) is 3. The van der Waals surface area contributed by atoms with Gasteiger partial charge in [0.2, 0.25) is 11.8 Å². The molecule has 23 heavy (non-hydrogen) atoms. The Hall–Kier alpha value is -2.28. The Labute approximate surface area is 138 Å². The van der Waals surface area contributed by atoms with Crippen LogP contribution in [0.3, 0.4) is 0 Å². The number of nitrogens with one attached hydrogen (secondary N) is 1. The van der Waals surface area contributed by atoms with Crippen LogP contribution in [0.25, 0.3) is 0 Å². The van der Waals surface area contributed by atoms with Gasteiger partial charge in [-0.15, -0.1) is 11.3 Å². The molecule has 7 heteroatoms. The van der Waals surface area contributed by atoms with Crippen LogP contribution in [0.1, 0.15) is 22.8 Å². The summed E-state index contributed by atoms with van der Waals surface area (Å²) in [5.41, 5.74) is 1.79. The average Bonchev–Trinajstić information content (AvgIpc) is 3.12. The van der Waals surface area contributed by atoms with Gasteiger partial charge in [-0.25, -0.2) is 4.98 Å². The van der Waals surface area contributed by atoms with Crippen LogP contribution in [0.4, 0.5) is 0 Å². The first-order chi connectivity index (χ1) is 11.1. The zero-order valence-corrected chi connectivity index (χ0v) is 13.7. The fourth-order valence-corrected chi connectivity index (χ4v) is 3.29. The number of pyridine rings is 1. The molecule has 1 aliphatic heterocycles. The normalized spacial score (nSPS) is 17.5. The van der Waals surface area contributed by atoms with E-state index in [0.717, 1.165) is 16.4 Å². The van der Waals surface area contributed by atoms with Gasteiger partial charge in [-0.2, -0.15) is 0 Å². The Balaban J connectivity index is 1.53. The molecular formula is C16H18N4O2S. The summed E-state index contributed by atoms with van der Waals surface area (Å²) < 4.78 is 0. The van der Waals surface area contributed by atoms with Crippen LogP contribution in [-0.4, -0.2) is 33.2 Å². The van der Waals surface area contributed by atoms with Crippen molar-refractivity contribution in [1.29, 1.82) is 0 Å². The van der Waals surface area contributed by atoms with Gasteiger partial charge < -0.3 is 10.2 Å². The molecule has 1 aliphatic rings. The van der Waals surface area contributed by atoms with Crippen molar-refractivity contribution in [3.63, 3.8) is 0 Å². The lowest BCUT2D eigenvalue weighted by Crippen LogP contribution is -2.32. The van der Waals surface area contributed by atoms with Crippen molar-refractivity contribution in [2.24, 2.45) is 5.92 Å². The zero-order valence-electron chi connectivity index (χ0n) is 12.9. The number of hydrogen-bond donors (Lipinski definition) is 1. The molecule has 120 valence electrons. The maximum Gasteiger partial charge on any atom is 0.225 e. The number of carbonyl (C=O) groups excluding carboxylic acids is 2. The lowest BCUT2D eigenvalue weighted by Gasteiger charge is -2.15. The van der Waals surface area contributed by atoms with Gasteiger partial charge in [0.05, 0.1) is 24.7 Å². The fraction of sp³-hybridized carbons (Fsp3) is 0.375. The molecule has 2 aromatic heterocycles. The third kappa shape index (κ3) is 3.92. The van der Waals surface area contributed by atoms with E-state index in [1.165, 1.54) is 11.3 Å². The number of aromatic nitrogens is 2. The minimum Gasteiger partial charge on any atom is -0.349 e. The highest BCUT2D eigenvalue weighted by Crippen LogP contribution is 2.20. The van der Waals surface area contributed by atoms with Crippen molar-refractivity contribution in [1.82, 2.24) is 20.2 Å². The lowest BCUT2D eigenvalue weighted by molar-refractivity contribution is -0.129. The van der Waals surface area contributed by atoms with Crippen molar-refractivity contribution in [3.05, 3.63) is 46.2 Å². The lowest BCUT2D eigenvalue weighted by atomic mass is 10.1. The molecule has 0 radical (unpaired) electrons. The maximum atomic E-state index is 12.2. The van der Waals surface area contributed by atoms with Gasteiger partial charge in [-0.1, -0.05) is 6.07 Å². The van der Waals surface area contributed by atoms with Gasteiger partial charge in [0, 0.05) is 30.2 Å². The molecule has 0 aromatic carbocycles. The molecule has 2 aromatic rings. The summed E-state index contributed by atoms with van der Waals surface area (Å²) in [4.78, 5) is 34.6. The molecule has 1 saturated heterocycles. The van der Waals surface area contributed by atoms with E-state index in [0.29, 0.717) is 19.6 Å². The molecular weight excluding hydrogens is 312 g/mol. The molecule has 1 unspecified atom stereocenters. The number of carbonyl (C=O) groups is 2. The average molecular weight is 330 g/mol. The highest BCUT2D eigenvalue weighted by atomic mass is 32.1. The summed E-state index contributed by atoms with van der Waals surface area (Å²) in [7, 11) is 0. The fourth-order valence-electron chi connectivity index (χ4n) is 2.58. The third-order valence-electron chi connectivity index (χ3n) is 3.74. The molecule has 1 atom stereocenters. The molecule has 2 amide bonds. The molecule has 3 rings (SSSR count). The van der Waals surface area contributed by atoms with Crippen molar-refractivity contribution in [3.8, 4) is 0 Å². The first kappa shape index (κ1) is 15.6. The minimum atomic E-state index is -0.299. The Morgan fingerprint density at radius 1 is 1.48 bits per heavy atom. The first-order valence-electron chi connectivity index (χ1n) is 7.48. The predicted molar refractivity (Wildman–Crippen MR) is 86.5 cm³/mol. The summed E-state index contributed by atoms with van der Waals surface area (Å²) in [6.07, 6.45) is 1.96. The number of thiazole rings is 1. The number of rotatable bonds is 5. The van der Waals surface area contributed by atoms with Crippen molar-refractivity contribution in [2.75, 3.05) is 6.54 Å². The van der Waals surface area contributed by atoms with Crippen molar-refractivity contribution in [2.45, 2.75) is 26.4 Å². The van der Waals surface area contributed by atoms with Gasteiger partial charge in [0.1, 0.15) is 5.01 Å². The SMILES string of the molecule is Cc1csc(CNC(=O)C2CC(=O)N(Cc3ccccn3)C2)n1. The molecule has 0 aliphatic carbocycles. The number of hydrogen-bond acceptors (Lipinski definition) is 5. The molecule has 0 bridgehead atoms. The summed E-state index contributed by atoms with van der Waals surface area (Å²) in [6, 6.07) is 5.61. The molecule has 1 N–H and O–H groups in total. The van der Waals surface area contributed by atoms with Crippen LogP contribution >= 0.6 is 11.3 Å². The number of likely N-dealkylation sites (tertiary alicyclic amines) is 1. The van der Waals surface area contributed by atoms with E-state index < -0.39 is 0 Å². The second kappa shape index (κ2) is 6.87. The molecule has 0 saturated carbocycles. The zero-order chi connectivity index (χ0) is 16.2. The van der Waals surface area contributed by atoms with Gasteiger partial charge in [0.15, 0.2) is 0 Å². The van der Waals surface area contributed by atoms with Crippen LogP contribution in [0, 0.1) is 12.8 Å².